The van der Waals surface area contributed by atoms with Crippen molar-refractivity contribution in [3.8, 4) is 16.9 Å². The standard InChI is InChI=1S/C20H22N2O3/c1-25-16-4-2-3-15(9-16)13-5-7-14(8-6-13)20-17-10-21-11-19(24)22(17)18(20)12-23/h2-9,17-18,20-21,23H,10-12H2,1H3/t17-,18+,20+/m0/s1. The Kier molecular flexibility index (Phi) is 4.19. The summed E-state index contributed by atoms with van der Waals surface area (Å²) in [6.45, 7) is 1.16. The van der Waals surface area contributed by atoms with E-state index >= 15 is 0 Å². The van der Waals surface area contributed by atoms with Gasteiger partial charge in [0.25, 0.3) is 0 Å². The normalized spacial score (nSPS) is 25.3. The van der Waals surface area contributed by atoms with E-state index in [2.05, 4.69) is 35.6 Å². The molecular weight excluding hydrogens is 316 g/mol. The molecule has 0 unspecified atom stereocenters. The first-order valence-corrected chi connectivity index (χ1v) is 8.60. The summed E-state index contributed by atoms with van der Waals surface area (Å²) in [5.74, 6) is 1.10. The molecule has 5 heteroatoms. The fourth-order valence-electron chi connectivity index (χ4n) is 4.11. The van der Waals surface area contributed by atoms with E-state index in [0.717, 1.165) is 23.4 Å². The minimum absolute atomic E-state index is 0.00451. The van der Waals surface area contributed by atoms with E-state index in [4.69, 9.17) is 4.74 Å². The van der Waals surface area contributed by atoms with E-state index in [-0.39, 0.29) is 30.5 Å². The Hall–Kier alpha value is -2.37. The highest BCUT2D eigenvalue weighted by atomic mass is 16.5. The molecule has 2 saturated heterocycles. The molecule has 2 aliphatic heterocycles. The van der Waals surface area contributed by atoms with Crippen LogP contribution in [0.15, 0.2) is 48.5 Å². The number of ether oxygens (including phenoxy) is 1. The van der Waals surface area contributed by atoms with Crippen LogP contribution >= 0.6 is 0 Å². The lowest BCUT2D eigenvalue weighted by Gasteiger charge is -2.57. The third-order valence-electron chi connectivity index (χ3n) is 5.35. The van der Waals surface area contributed by atoms with Gasteiger partial charge in [-0.1, -0.05) is 36.4 Å². The van der Waals surface area contributed by atoms with Crippen molar-refractivity contribution in [3.05, 3.63) is 54.1 Å². The molecule has 4 rings (SSSR count). The maximum absolute atomic E-state index is 12.0. The molecule has 0 radical (unpaired) electrons. The summed E-state index contributed by atoms with van der Waals surface area (Å²) < 4.78 is 5.29. The van der Waals surface area contributed by atoms with Gasteiger partial charge in [0.2, 0.25) is 5.91 Å². The van der Waals surface area contributed by atoms with Gasteiger partial charge in [-0.25, -0.2) is 0 Å². The molecule has 2 aromatic carbocycles. The van der Waals surface area contributed by atoms with Crippen LogP contribution in [0.25, 0.3) is 11.1 Å². The largest absolute Gasteiger partial charge is 0.497 e. The van der Waals surface area contributed by atoms with E-state index in [1.807, 2.05) is 23.1 Å². The van der Waals surface area contributed by atoms with E-state index in [1.165, 1.54) is 5.56 Å². The summed E-state index contributed by atoms with van der Waals surface area (Å²) >= 11 is 0. The molecule has 5 nitrogen and oxygen atoms in total. The molecular formula is C20H22N2O3. The van der Waals surface area contributed by atoms with Crippen LogP contribution in [0.2, 0.25) is 0 Å². The predicted molar refractivity (Wildman–Crippen MR) is 95.5 cm³/mol. The molecule has 0 bridgehead atoms. The third kappa shape index (κ3) is 2.69. The maximum Gasteiger partial charge on any atom is 0.237 e. The molecule has 2 heterocycles. The van der Waals surface area contributed by atoms with Gasteiger partial charge in [-0.15, -0.1) is 0 Å². The number of amides is 1. The first-order valence-electron chi connectivity index (χ1n) is 8.60. The van der Waals surface area contributed by atoms with E-state index in [1.54, 1.807) is 7.11 Å². The van der Waals surface area contributed by atoms with Gasteiger partial charge in [-0.3, -0.25) is 4.79 Å². The number of rotatable bonds is 4. The first-order chi connectivity index (χ1) is 12.2. The number of hydrogen-bond donors (Lipinski definition) is 2. The van der Waals surface area contributed by atoms with Crippen LogP contribution in [0.1, 0.15) is 11.5 Å². The average molecular weight is 338 g/mol. The topological polar surface area (TPSA) is 61.8 Å². The summed E-state index contributed by atoms with van der Waals surface area (Å²) in [7, 11) is 1.67. The molecule has 0 aromatic heterocycles. The van der Waals surface area contributed by atoms with Crippen LogP contribution in [-0.4, -0.2) is 54.8 Å². The highest BCUT2D eigenvalue weighted by molar-refractivity contribution is 5.81. The van der Waals surface area contributed by atoms with Gasteiger partial charge in [0.1, 0.15) is 5.75 Å². The van der Waals surface area contributed by atoms with Crippen LogP contribution in [-0.2, 0) is 4.79 Å². The number of nitrogens with zero attached hydrogens (tertiary/aromatic N) is 1. The van der Waals surface area contributed by atoms with Crippen molar-refractivity contribution in [2.45, 2.75) is 18.0 Å². The Labute approximate surface area is 147 Å². The molecule has 2 aromatic rings. The van der Waals surface area contributed by atoms with Crippen LogP contribution in [0.3, 0.4) is 0 Å². The van der Waals surface area contributed by atoms with Crippen molar-refractivity contribution >= 4 is 5.91 Å². The molecule has 0 aliphatic carbocycles. The maximum atomic E-state index is 12.0. The van der Waals surface area contributed by atoms with Crippen LogP contribution in [0.4, 0.5) is 0 Å². The zero-order valence-electron chi connectivity index (χ0n) is 14.2. The number of aliphatic hydroxyl groups excluding tert-OH is 1. The highest BCUT2D eigenvalue weighted by Crippen LogP contribution is 2.41. The van der Waals surface area contributed by atoms with Gasteiger partial charge in [0.15, 0.2) is 0 Å². The monoisotopic (exact) mass is 338 g/mol. The van der Waals surface area contributed by atoms with E-state index in [0.29, 0.717) is 6.54 Å². The average Bonchev–Trinajstić information content (AvgIpc) is 2.64. The lowest BCUT2D eigenvalue weighted by Crippen LogP contribution is -2.72. The Morgan fingerprint density at radius 3 is 2.72 bits per heavy atom. The number of aliphatic hydroxyl groups is 1. The van der Waals surface area contributed by atoms with E-state index in [9.17, 15) is 9.90 Å². The Morgan fingerprint density at radius 2 is 2.00 bits per heavy atom. The second kappa shape index (κ2) is 6.50. The zero-order chi connectivity index (χ0) is 17.4. The summed E-state index contributed by atoms with van der Waals surface area (Å²) in [6, 6.07) is 16.4. The lowest BCUT2D eigenvalue weighted by atomic mass is 9.74. The van der Waals surface area contributed by atoms with Gasteiger partial charge in [-0.05, 0) is 28.8 Å². The number of carbonyl (C=O) groups is 1. The summed E-state index contributed by atoms with van der Waals surface area (Å²) in [5, 5.41) is 12.9. The molecule has 1 amide bonds. The number of hydrogen-bond acceptors (Lipinski definition) is 4. The summed E-state index contributed by atoms with van der Waals surface area (Å²) in [4.78, 5) is 13.9. The molecule has 0 spiro atoms. The summed E-state index contributed by atoms with van der Waals surface area (Å²) in [6.07, 6.45) is 0. The van der Waals surface area contributed by atoms with Crippen LogP contribution in [0, 0.1) is 0 Å². The fourth-order valence-corrected chi connectivity index (χ4v) is 4.11. The second-order valence-corrected chi connectivity index (χ2v) is 6.63. The lowest BCUT2D eigenvalue weighted by molar-refractivity contribution is -0.153. The quantitative estimate of drug-likeness (QED) is 0.889. The predicted octanol–water partition coefficient (Wildman–Crippen LogP) is 1.62. The number of methoxy groups -OCH3 is 1. The number of benzene rings is 2. The number of carbonyl (C=O) groups excluding carboxylic acids is 1. The van der Waals surface area contributed by atoms with Crippen LogP contribution < -0.4 is 10.1 Å². The van der Waals surface area contributed by atoms with Gasteiger partial charge >= 0.3 is 0 Å². The number of piperazine rings is 1. The van der Waals surface area contributed by atoms with Crippen molar-refractivity contribution < 1.29 is 14.6 Å². The molecule has 130 valence electrons. The van der Waals surface area contributed by atoms with Crippen molar-refractivity contribution in [1.29, 1.82) is 0 Å². The van der Waals surface area contributed by atoms with Gasteiger partial charge in [0, 0.05) is 12.5 Å². The molecule has 2 fully saturated rings. The van der Waals surface area contributed by atoms with Crippen molar-refractivity contribution in [1.82, 2.24) is 10.2 Å². The van der Waals surface area contributed by atoms with Gasteiger partial charge < -0.3 is 20.1 Å². The molecule has 3 atom stereocenters. The Bertz CT molecular complexity index is 769. The first kappa shape index (κ1) is 16.1. The smallest absolute Gasteiger partial charge is 0.237 e. The molecule has 2 N–H and O–H groups in total. The van der Waals surface area contributed by atoms with Gasteiger partial charge in [-0.2, -0.15) is 0 Å². The number of nitrogens with one attached hydrogen (secondary N) is 1. The second-order valence-electron chi connectivity index (χ2n) is 6.63. The minimum Gasteiger partial charge on any atom is -0.497 e. The number of fused-ring (bicyclic) bond motifs is 1. The molecule has 2 aliphatic rings. The van der Waals surface area contributed by atoms with E-state index < -0.39 is 0 Å². The van der Waals surface area contributed by atoms with Crippen molar-refractivity contribution in [3.63, 3.8) is 0 Å². The van der Waals surface area contributed by atoms with Gasteiger partial charge in [0.05, 0.1) is 32.3 Å². The Balaban J connectivity index is 1.58. The van der Waals surface area contributed by atoms with Crippen molar-refractivity contribution in [2.75, 3.05) is 26.8 Å². The SMILES string of the molecule is COc1cccc(-c2ccc([C@H]3[C@@H](CO)N4C(=O)CNC[C@@H]34)cc2)c1. The highest BCUT2D eigenvalue weighted by Gasteiger charge is 2.52. The third-order valence-corrected chi connectivity index (χ3v) is 5.35. The fraction of sp³-hybridized carbons (Fsp3) is 0.350. The summed E-state index contributed by atoms with van der Waals surface area (Å²) in [5.41, 5.74) is 3.40. The zero-order valence-corrected chi connectivity index (χ0v) is 14.2. The van der Waals surface area contributed by atoms with Crippen molar-refractivity contribution in [2.24, 2.45) is 0 Å². The molecule has 0 saturated carbocycles. The molecule has 25 heavy (non-hydrogen) atoms. The minimum atomic E-state index is -0.109. The van der Waals surface area contributed by atoms with Crippen LogP contribution in [0.5, 0.6) is 5.75 Å². The Morgan fingerprint density at radius 1 is 1.20 bits per heavy atom.